The normalized spacial score (nSPS) is 18.4. The molecule has 1 atom stereocenters. The fourth-order valence-electron chi connectivity index (χ4n) is 4.00. The van der Waals surface area contributed by atoms with Crippen LogP contribution in [0.4, 0.5) is 0 Å². The fraction of sp³-hybridized carbons (Fsp3) is 0.400. The molecule has 2 fully saturated rings. The number of amides is 2. The van der Waals surface area contributed by atoms with Gasteiger partial charge in [0.25, 0.3) is 5.91 Å². The van der Waals surface area contributed by atoms with E-state index in [1.807, 2.05) is 0 Å². The van der Waals surface area contributed by atoms with E-state index in [1.165, 1.54) is 31.2 Å². The van der Waals surface area contributed by atoms with Gasteiger partial charge in [-0.25, -0.2) is 13.1 Å². The van der Waals surface area contributed by atoms with Gasteiger partial charge in [-0.05, 0) is 62.4 Å². The van der Waals surface area contributed by atoms with Crippen molar-refractivity contribution in [3.63, 3.8) is 0 Å². The van der Waals surface area contributed by atoms with Gasteiger partial charge in [0.15, 0.2) is 5.78 Å². The Bertz CT molecular complexity index is 1170. The van der Waals surface area contributed by atoms with Gasteiger partial charge in [0.2, 0.25) is 15.9 Å². The van der Waals surface area contributed by atoms with E-state index in [-0.39, 0.29) is 35.0 Å². The maximum Gasteiger partial charge on any atom is 0.253 e. The van der Waals surface area contributed by atoms with Gasteiger partial charge in [-0.1, -0.05) is 24.3 Å². The zero-order valence-corrected chi connectivity index (χ0v) is 19.9. The smallest absolute Gasteiger partial charge is 0.253 e. The van der Waals surface area contributed by atoms with Crippen molar-refractivity contribution in [2.24, 2.45) is 5.92 Å². The van der Waals surface area contributed by atoms with Gasteiger partial charge in [0.05, 0.1) is 10.8 Å². The summed E-state index contributed by atoms with van der Waals surface area (Å²) in [7, 11) is -3.74. The van der Waals surface area contributed by atoms with Crippen molar-refractivity contribution in [3.05, 3.63) is 65.2 Å². The van der Waals surface area contributed by atoms with Gasteiger partial charge < -0.3 is 10.2 Å². The molecule has 34 heavy (non-hydrogen) atoms. The zero-order valence-electron chi connectivity index (χ0n) is 19.1. The first-order chi connectivity index (χ1) is 16.2. The van der Waals surface area contributed by atoms with E-state index in [4.69, 9.17) is 0 Å². The Labute approximate surface area is 199 Å². The molecule has 1 unspecified atom stereocenters. The number of sulfonamides is 1. The molecule has 1 saturated heterocycles. The minimum atomic E-state index is -3.74. The van der Waals surface area contributed by atoms with E-state index in [0.717, 1.165) is 25.7 Å². The van der Waals surface area contributed by atoms with Gasteiger partial charge in [0.1, 0.15) is 0 Å². The molecule has 0 radical (unpaired) electrons. The first kappa shape index (κ1) is 24.1. The Morgan fingerprint density at radius 2 is 1.59 bits per heavy atom. The van der Waals surface area contributed by atoms with Crippen molar-refractivity contribution in [3.8, 4) is 0 Å². The van der Waals surface area contributed by atoms with E-state index in [2.05, 4.69) is 10.0 Å². The van der Waals surface area contributed by atoms with Crippen molar-refractivity contribution < 1.29 is 22.8 Å². The lowest BCUT2D eigenvalue weighted by atomic mass is 9.96. The number of likely N-dealkylation sites (tertiary alicyclic amines) is 1. The molecule has 8 nitrogen and oxygen atoms in total. The molecule has 2 aromatic carbocycles. The number of carbonyl (C=O) groups is 3. The summed E-state index contributed by atoms with van der Waals surface area (Å²) in [6, 6.07) is 12.9. The number of piperidine rings is 1. The summed E-state index contributed by atoms with van der Waals surface area (Å²) in [6.07, 6.45) is 3.66. The Morgan fingerprint density at radius 3 is 2.21 bits per heavy atom. The van der Waals surface area contributed by atoms with Crippen LogP contribution in [0, 0.1) is 5.92 Å². The topological polar surface area (TPSA) is 113 Å². The van der Waals surface area contributed by atoms with Crippen LogP contribution in [0.1, 0.15) is 58.9 Å². The third-order valence-electron chi connectivity index (χ3n) is 6.24. The lowest BCUT2D eigenvalue weighted by Crippen LogP contribution is -2.45. The number of nitrogens with zero attached hydrogens (tertiary/aromatic N) is 1. The second kappa shape index (κ2) is 10.1. The number of hydrogen-bond acceptors (Lipinski definition) is 5. The van der Waals surface area contributed by atoms with Crippen molar-refractivity contribution in [2.45, 2.75) is 50.1 Å². The van der Waals surface area contributed by atoms with Crippen LogP contribution in [0.3, 0.4) is 0 Å². The van der Waals surface area contributed by atoms with Gasteiger partial charge in [0, 0.05) is 36.8 Å². The maximum atomic E-state index is 12.9. The Hall–Kier alpha value is -3.04. The Morgan fingerprint density at radius 1 is 0.941 bits per heavy atom. The highest BCUT2D eigenvalue weighted by Crippen LogP contribution is 2.23. The van der Waals surface area contributed by atoms with Gasteiger partial charge >= 0.3 is 0 Å². The summed E-state index contributed by atoms with van der Waals surface area (Å²) in [5.74, 6) is -0.384. The summed E-state index contributed by atoms with van der Waals surface area (Å²) in [5.41, 5.74) is 1.67. The van der Waals surface area contributed by atoms with Crippen LogP contribution in [0.15, 0.2) is 53.4 Å². The zero-order chi connectivity index (χ0) is 24.3. The summed E-state index contributed by atoms with van der Waals surface area (Å²) in [6.45, 7) is 2.53. The number of ketones is 1. The van der Waals surface area contributed by atoms with Crippen LogP contribution in [-0.4, -0.2) is 50.0 Å². The van der Waals surface area contributed by atoms with E-state index >= 15 is 0 Å². The number of benzene rings is 2. The molecule has 2 aromatic rings. The third kappa shape index (κ3) is 5.90. The number of hydrogen-bond donors (Lipinski definition) is 2. The minimum absolute atomic E-state index is 0.0403. The van der Waals surface area contributed by atoms with E-state index < -0.39 is 10.0 Å². The van der Waals surface area contributed by atoms with Crippen molar-refractivity contribution in [1.82, 2.24) is 14.9 Å². The highest BCUT2D eigenvalue weighted by Gasteiger charge is 2.32. The standard InChI is InChI=1S/C25H29N3O5S/c1-17(29)19-8-12-23(13-9-19)34(32,33)26-15-18-4-6-20(7-5-18)25(31)28-14-2-3-21(16-28)24(30)27-22-10-11-22/h4-9,12-13,21-22,26H,2-3,10-11,14-16H2,1H3,(H,27,30). The molecule has 1 aliphatic carbocycles. The molecule has 0 aromatic heterocycles. The SMILES string of the molecule is CC(=O)c1ccc(S(=O)(=O)NCc2ccc(C(=O)N3CCCC(C(=O)NC4CC4)C3)cc2)cc1. The molecule has 1 heterocycles. The minimum Gasteiger partial charge on any atom is -0.353 e. The predicted octanol–water partition coefficient (Wildman–Crippen LogP) is 2.50. The molecule has 9 heteroatoms. The molecular weight excluding hydrogens is 454 g/mol. The second-order valence-corrected chi connectivity index (χ2v) is 10.7. The van der Waals surface area contributed by atoms with Crippen LogP contribution >= 0.6 is 0 Å². The number of rotatable bonds is 8. The Kier molecular flexibility index (Phi) is 7.13. The number of nitrogens with one attached hydrogen (secondary N) is 2. The second-order valence-electron chi connectivity index (χ2n) is 8.98. The first-order valence-electron chi connectivity index (χ1n) is 11.5. The molecule has 2 aliphatic rings. The van der Waals surface area contributed by atoms with Crippen LogP contribution in [0.25, 0.3) is 0 Å². The summed E-state index contributed by atoms with van der Waals surface area (Å²) >= 11 is 0. The molecule has 0 spiro atoms. The van der Waals surface area contributed by atoms with Gasteiger partial charge in [-0.15, -0.1) is 0 Å². The molecule has 2 N–H and O–H groups in total. The summed E-state index contributed by atoms with van der Waals surface area (Å²) in [5, 5.41) is 3.03. The lowest BCUT2D eigenvalue weighted by molar-refractivity contribution is -0.126. The van der Waals surface area contributed by atoms with E-state index in [1.54, 1.807) is 29.2 Å². The van der Waals surface area contributed by atoms with Crippen molar-refractivity contribution in [1.29, 1.82) is 0 Å². The molecule has 1 aliphatic heterocycles. The first-order valence-corrected chi connectivity index (χ1v) is 13.0. The molecule has 1 saturated carbocycles. The van der Waals surface area contributed by atoms with E-state index in [0.29, 0.717) is 35.8 Å². The molecule has 0 bridgehead atoms. The highest BCUT2D eigenvalue weighted by molar-refractivity contribution is 7.89. The van der Waals surface area contributed by atoms with Crippen molar-refractivity contribution in [2.75, 3.05) is 13.1 Å². The summed E-state index contributed by atoms with van der Waals surface area (Å²) < 4.78 is 27.6. The fourth-order valence-corrected chi connectivity index (χ4v) is 5.02. The highest BCUT2D eigenvalue weighted by atomic mass is 32.2. The van der Waals surface area contributed by atoms with Gasteiger partial charge in [-0.3, -0.25) is 14.4 Å². The van der Waals surface area contributed by atoms with E-state index in [9.17, 15) is 22.8 Å². The number of Topliss-reactive ketones (excluding diaryl/α,β-unsaturated/α-hetero) is 1. The average Bonchev–Trinajstić information content (AvgIpc) is 3.67. The largest absolute Gasteiger partial charge is 0.353 e. The molecule has 180 valence electrons. The van der Waals surface area contributed by atoms with Crippen LogP contribution in [0.5, 0.6) is 0 Å². The van der Waals surface area contributed by atoms with Crippen LogP contribution in [-0.2, 0) is 21.4 Å². The third-order valence-corrected chi connectivity index (χ3v) is 7.66. The quantitative estimate of drug-likeness (QED) is 0.560. The molecule has 2 amide bonds. The number of carbonyl (C=O) groups excluding carboxylic acids is 3. The predicted molar refractivity (Wildman–Crippen MR) is 127 cm³/mol. The van der Waals surface area contributed by atoms with Crippen LogP contribution in [0.2, 0.25) is 0 Å². The lowest BCUT2D eigenvalue weighted by Gasteiger charge is -2.32. The maximum absolute atomic E-state index is 12.9. The molecular formula is C25H29N3O5S. The average molecular weight is 484 g/mol. The molecule has 4 rings (SSSR count). The Balaban J connectivity index is 1.33. The van der Waals surface area contributed by atoms with Gasteiger partial charge in [-0.2, -0.15) is 0 Å². The monoisotopic (exact) mass is 483 g/mol. The summed E-state index contributed by atoms with van der Waals surface area (Å²) in [4.78, 5) is 38.5. The van der Waals surface area contributed by atoms with Crippen molar-refractivity contribution >= 4 is 27.6 Å². The van der Waals surface area contributed by atoms with Crippen LogP contribution < -0.4 is 10.0 Å².